The van der Waals surface area contributed by atoms with Gasteiger partial charge in [0.15, 0.2) is 0 Å². The Hall–Kier alpha value is -3.03. The van der Waals surface area contributed by atoms with E-state index in [9.17, 15) is 8.42 Å². The number of para-hydroxylation sites is 1. The molecular weight excluding hydrogens is 354 g/mol. The Labute approximate surface area is 161 Å². The van der Waals surface area contributed by atoms with Gasteiger partial charge in [-0.05, 0) is 50.2 Å². The van der Waals surface area contributed by atoms with Crippen LogP contribution in [0.3, 0.4) is 0 Å². The molecule has 136 valence electrons. The van der Waals surface area contributed by atoms with Crippen molar-refractivity contribution >= 4 is 15.7 Å². The van der Waals surface area contributed by atoms with E-state index in [1.54, 1.807) is 18.2 Å². The molecule has 0 fully saturated rings. The van der Waals surface area contributed by atoms with Crippen LogP contribution in [0.15, 0.2) is 83.8 Å². The molecule has 4 heteroatoms. The highest BCUT2D eigenvalue weighted by atomic mass is 32.2. The van der Waals surface area contributed by atoms with Crippen LogP contribution in [0.2, 0.25) is 0 Å². The van der Waals surface area contributed by atoms with Crippen molar-refractivity contribution in [3.05, 3.63) is 95.6 Å². The number of hydrogen-bond acceptors (Lipinski definition) is 2. The van der Waals surface area contributed by atoms with Crippen LogP contribution in [-0.2, 0) is 10.0 Å². The molecule has 0 heterocycles. The van der Waals surface area contributed by atoms with Gasteiger partial charge in [-0.15, -0.1) is 0 Å². The second-order valence-corrected chi connectivity index (χ2v) is 7.98. The van der Waals surface area contributed by atoms with E-state index in [0.29, 0.717) is 17.8 Å². The maximum absolute atomic E-state index is 13.2. The molecule has 0 aliphatic carbocycles. The Bertz CT molecular complexity index is 1080. The molecule has 3 nitrogen and oxygen atoms in total. The highest BCUT2D eigenvalue weighted by Gasteiger charge is 2.24. The van der Waals surface area contributed by atoms with Crippen molar-refractivity contribution in [3.63, 3.8) is 0 Å². The van der Waals surface area contributed by atoms with Crippen molar-refractivity contribution in [3.8, 4) is 11.8 Å². The molecule has 0 atom stereocenters. The summed E-state index contributed by atoms with van der Waals surface area (Å²) in [5.74, 6) is 6.23. The lowest BCUT2D eigenvalue weighted by molar-refractivity contribution is 0.592. The minimum atomic E-state index is -3.66. The highest BCUT2D eigenvalue weighted by molar-refractivity contribution is 7.92. The number of sulfonamides is 1. The molecule has 0 saturated carbocycles. The molecule has 0 aromatic heterocycles. The van der Waals surface area contributed by atoms with Crippen LogP contribution in [0, 0.1) is 18.8 Å². The van der Waals surface area contributed by atoms with E-state index in [4.69, 9.17) is 0 Å². The summed E-state index contributed by atoms with van der Waals surface area (Å²) in [6.07, 6.45) is 0. The highest BCUT2D eigenvalue weighted by Crippen LogP contribution is 2.26. The van der Waals surface area contributed by atoms with Gasteiger partial charge in [0.1, 0.15) is 0 Å². The van der Waals surface area contributed by atoms with Crippen LogP contribution in [0.25, 0.3) is 0 Å². The van der Waals surface area contributed by atoms with Crippen molar-refractivity contribution < 1.29 is 8.42 Å². The lowest BCUT2D eigenvalue weighted by Gasteiger charge is -2.24. The smallest absolute Gasteiger partial charge is 0.264 e. The van der Waals surface area contributed by atoms with Crippen LogP contribution in [-0.4, -0.2) is 15.0 Å². The molecule has 0 aliphatic heterocycles. The standard InChI is InChI=1S/C23H21NO2S/c1-3-24(27(25,26)22-17-13-19(2)14-18-22)23-12-8-7-11-21(23)16-15-20-9-5-4-6-10-20/h4-14,17-18H,3H2,1-2H3. The average molecular weight is 375 g/mol. The molecule has 3 rings (SSSR count). The second-order valence-electron chi connectivity index (χ2n) is 6.12. The Morgan fingerprint density at radius 3 is 2.11 bits per heavy atom. The van der Waals surface area contributed by atoms with Crippen LogP contribution < -0.4 is 4.31 Å². The second kappa shape index (κ2) is 8.11. The molecule has 0 aliphatic rings. The molecule has 0 saturated heterocycles. The molecule has 0 amide bonds. The molecule has 0 bridgehead atoms. The van der Waals surface area contributed by atoms with Crippen LogP contribution in [0.5, 0.6) is 0 Å². The Morgan fingerprint density at radius 2 is 1.44 bits per heavy atom. The quantitative estimate of drug-likeness (QED) is 0.625. The van der Waals surface area contributed by atoms with E-state index >= 15 is 0 Å². The fourth-order valence-corrected chi connectivity index (χ4v) is 4.26. The maximum atomic E-state index is 13.2. The van der Waals surface area contributed by atoms with E-state index in [1.165, 1.54) is 4.31 Å². The lowest BCUT2D eigenvalue weighted by atomic mass is 10.1. The number of hydrogen-bond donors (Lipinski definition) is 0. The summed E-state index contributed by atoms with van der Waals surface area (Å²) in [4.78, 5) is 0.278. The zero-order valence-corrected chi connectivity index (χ0v) is 16.2. The summed E-state index contributed by atoms with van der Waals surface area (Å²) in [5.41, 5.74) is 3.17. The molecule has 3 aromatic carbocycles. The minimum Gasteiger partial charge on any atom is -0.265 e. The lowest BCUT2D eigenvalue weighted by Crippen LogP contribution is -2.31. The number of nitrogens with zero attached hydrogens (tertiary/aromatic N) is 1. The first kappa shape index (κ1) is 18.8. The van der Waals surface area contributed by atoms with Gasteiger partial charge in [-0.25, -0.2) is 8.42 Å². The van der Waals surface area contributed by atoms with E-state index in [2.05, 4.69) is 11.8 Å². The summed E-state index contributed by atoms with van der Waals surface area (Å²) in [6, 6.07) is 23.9. The molecular formula is C23H21NO2S. The zero-order valence-electron chi connectivity index (χ0n) is 15.4. The van der Waals surface area contributed by atoms with Gasteiger partial charge in [0.05, 0.1) is 10.6 Å². The largest absolute Gasteiger partial charge is 0.265 e. The number of aryl methyl sites for hydroxylation is 1. The van der Waals surface area contributed by atoms with Gasteiger partial charge in [0.2, 0.25) is 0 Å². The van der Waals surface area contributed by atoms with Crippen molar-refractivity contribution in [1.82, 2.24) is 0 Å². The monoisotopic (exact) mass is 375 g/mol. The van der Waals surface area contributed by atoms with Crippen molar-refractivity contribution in [2.24, 2.45) is 0 Å². The molecule has 0 spiro atoms. The van der Waals surface area contributed by atoms with Crippen molar-refractivity contribution in [2.45, 2.75) is 18.7 Å². The van der Waals surface area contributed by atoms with Crippen molar-refractivity contribution in [2.75, 3.05) is 10.8 Å². The summed E-state index contributed by atoms with van der Waals surface area (Å²) >= 11 is 0. The first-order chi connectivity index (χ1) is 13.0. The topological polar surface area (TPSA) is 37.4 Å². The number of benzene rings is 3. The molecule has 3 aromatic rings. The summed E-state index contributed by atoms with van der Waals surface area (Å²) in [6.45, 7) is 4.08. The third kappa shape index (κ3) is 4.21. The molecule has 0 radical (unpaired) electrons. The van der Waals surface area contributed by atoms with Gasteiger partial charge in [-0.3, -0.25) is 4.31 Å². The first-order valence-electron chi connectivity index (χ1n) is 8.78. The Kier molecular flexibility index (Phi) is 5.63. The van der Waals surface area contributed by atoms with Gasteiger partial charge in [0.25, 0.3) is 10.0 Å². The van der Waals surface area contributed by atoms with Crippen LogP contribution in [0.4, 0.5) is 5.69 Å². The maximum Gasteiger partial charge on any atom is 0.264 e. The average Bonchev–Trinajstić information content (AvgIpc) is 2.69. The minimum absolute atomic E-state index is 0.278. The predicted octanol–water partition coefficient (Wildman–Crippen LogP) is 4.61. The fourth-order valence-electron chi connectivity index (χ4n) is 2.77. The van der Waals surface area contributed by atoms with Crippen LogP contribution in [0.1, 0.15) is 23.6 Å². The molecule has 27 heavy (non-hydrogen) atoms. The van der Waals surface area contributed by atoms with Gasteiger partial charge in [-0.2, -0.15) is 0 Å². The number of rotatable bonds is 4. The van der Waals surface area contributed by atoms with E-state index < -0.39 is 10.0 Å². The van der Waals surface area contributed by atoms with E-state index in [-0.39, 0.29) is 4.90 Å². The SMILES string of the molecule is CCN(c1ccccc1C#Cc1ccccc1)S(=O)(=O)c1ccc(C)cc1. The van der Waals surface area contributed by atoms with Gasteiger partial charge >= 0.3 is 0 Å². The van der Waals surface area contributed by atoms with Gasteiger partial charge in [0, 0.05) is 17.7 Å². The van der Waals surface area contributed by atoms with Gasteiger partial charge in [-0.1, -0.05) is 59.9 Å². The summed E-state index contributed by atoms with van der Waals surface area (Å²) in [5, 5.41) is 0. The fraction of sp³-hybridized carbons (Fsp3) is 0.130. The Morgan fingerprint density at radius 1 is 0.815 bits per heavy atom. The summed E-state index contributed by atoms with van der Waals surface area (Å²) < 4.78 is 27.8. The Balaban J connectivity index is 2.04. The predicted molar refractivity (Wildman–Crippen MR) is 110 cm³/mol. The van der Waals surface area contributed by atoms with Crippen molar-refractivity contribution in [1.29, 1.82) is 0 Å². The van der Waals surface area contributed by atoms with E-state index in [0.717, 1.165) is 11.1 Å². The zero-order chi connectivity index (χ0) is 19.3. The third-order valence-electron chi connectivity index (χ3n) is 4.18. The molecule has 0 N–H and O–H groups in total. The first-order valence-corrected chi connectivity index (χ1v) is 10.2. The third-order valence-corrected chi connectivity index (χ3v) is 6.09. The van der Waals surface area contributed by atoms with E-state index in [1.807, 2.05) is 74.5 Å². The summed E-state index contributed by atoms with van der Waals surface area (Å²) in [7, 11) is -3.66. The van der Waals surface area contributed by atoms with Crippen LogP contribution >= 0.6 is 0 Å². The number of anilines is 1. The van der Waals surface area contributed by atoms with Gasteiger partial charge < -0.3 is 0 Å². The molecule has 0 unspecified atom stereocenters. The normalized spacial score (nSPS) is 10.7.